The van der Waals surface area contributed by atoms with Crippen LogP contribution in [0.1, 0.15) is 19.8 Å². The molecule has 0 spiro atoms. The topological polar surface area (TPSA) is 58.4 Å². The lowest BCUT2D eigenvalue weighted by atomic mass is 9.98. The van der Waals surface area contributed by atoms with Crippen LogP contribution in [0.5, 0.6) is 0 Å². The number of benzene rings is 1. The van der Waals surface area contributed by atoms with E-state index in [9.17, 15) is 10.1 Å². The lowest BCUT2D eigenvalue weighted by Crippen LogP contribution is -2.42. The fourth-order valence-corrected chi connectivity index (χ4v) is 2.74. The molecule has 0 radical (unpaired) electrons. The summed E-state index contributed by atoms with van der Waals surface area (Å²) in [6.45, 7) is 3.25. The molecule has 2 atom stereocenters. The highest BCUT2D eigenvalue weighted by Crippen LogP contribution is 2.29. The van der Waals surface area contributed by atoms with Crippen LogP contribution in [-0.4, -0.2) is 35.5 Å². The fourth-order valence-electron chi connectivity index (χ4n) is 2.38. The largest absolute Gasteiger partial charge is 0.381 e. The lowest BCUT2D eigenvalue weighted by Gasteiger charge is -2.35. The molecular weight excluding hydrogens is 310 g/mol. The first-order chi connectivity index (χ1) is 8.97. The molecule has 0 aliphatic carbocycles. The van der Waals surface area contributed by atoms with Crippen LogP contribution >= 0.6 is 15.9 Å². The van der Waals surface area contributed by atoms with Crippen molar-refractivity contribution in [2.75, 3.05) is 18.9 Å². The van der Waals surface area contributed by atoms with Gasteiger partial charge < -0.3 is 10.2 Å². The van der Waals surface area contributed by atoms with Crippen molar-refractivity contribution in [1.82, 2.24) is 4.90 Å². The van der Waals surface area contributed by atoms with Crippen molar-refractivity contribution in [3.05, 3.63) is 32.8 Å². The van der Waals surface area contributed by atoms with Crippen LogP contribution < -0.4 is 5.32 Å². The quantitative estimate of drug-likeness (QED) is 0.683. The van der Waals surface area contributed by atoms with Crippen LogP contribution in [-0.2, 0) is 0 Å². The van der Waals surface area contributed by atoms with Crippen LogP contribution in [0.4, 0.5) is 11.4 Å². The van der Waals surface area contributed by atoms with Gasteiger partial charge in [-0.1, -0.05) is 0 Å². The Morgan fingerprint density at radius 3 is 2.89 bits per heavy atom. The molecule has 0 amide bonds. The number of nitro groups is 1. The second-order valence-corrected chi connectivity index (χ2v) is 5.97. The van der Waals surface area contributed by atoms with Crippen molar-refractivity contribution in [3.63, 3.8) is 0 Å². The Kier molecular flexibility index (Phi) is 4.42. The van der Waals surface area contributed by atoms with Gasteiger partial charge in [0.05, 0.1) is 10.6 Å². The number of nitrogens with zero attached hydrogens (tertiary/aromatic N) is 2. The fraction of sp³-hybridized carbons (Fsp3) is 0.538. The molecule has 1 saturated heterocycles. The van der Waals surface area contributed by atoms with Crippen molar-refractivity contribution in [2.45, 2.75) is 31.8 Å². The van der Waals surface area contributed by atoms with Gasteiger partial charge in [-0.15, -0.1) is 0 Å². The Labute approximate surface area is 121 Å². The predicted molar refractivity (Wildman–Crippen MR) is 79.5 cm³/mol. The van der Waals surface area contributed by atoms with Gasteiger partial charge >= 0.3 is 0 Å². The van der Waals surface area contributed by atoms with E-state index in [1.54, 1.807) is 12.1 Å². The Hall–Kier alpha value is -1.14. The van der Waals surface area contributed by atoms with E-state index in [0.29, 0.717) is 12.1 Å². The number of piperidine rings is 1. The molecule has 1 aromatic rings. The molecule has 0 saturated carbocycles. The maximum atomic E-state index is 10.8. The second kappa shape index (κ2) is 5.88. The molecule has 1 aromatic carbocycles. The summed E-state index contributed by atoms with van der Waals surface area (Å²) in [6.07, 6.45) is 2.10. The zero-order chi connectivity index (χ0) is 14.0. The Morgan fingerprint density at radius 1 is 1.53 bits per heavy atom. The summed E-state index contributed by atoms with van der Waals surface area (Å²) < 4.78 is 0.865. The number of nitro benzene ring substituents is 1. The maximum Gasteiger partial charge on any atom is 0.271 e. The molecule has 2 rings (SSSR count). The van der Waals surface area contributed by atoms with Crippen LogP contribution in [0, 0.1) is 10.1 Å². The van der Waals surface area contributed by atoms with Gasteiger partial charge in [-0.25, -0.2) is 0 Å². The number of rotatable bonds is 3. The number of anilines is 1. The first-order valence-corrected chi connectivity index (χ1v) is 7.17. The zero-order valence-corrected chi connectivity index (χ0v) is 12.7. The zero-order valence-electron chi connectivity index (χ0n) is 11.1. The van der Waals surface area contributed by atoms with Gasteiger partial charge in [-0.05, 0) is 48.8 Å². The van der Waals surface area contributed by atoms with E-state index in [1.807, 2.05) is 0 Å². The van der Waals surface area contributed by atoms with Gasteiger partial charge in [-0.3, -0.25) is 10.1 Å². The molecule has 0 aromatic heterocycles. The van der Waals surface area contributed by atoms with Crippen LogP contribution in [0.3, 0.4) is 0 Å². The number of non-ortho nitro benzene ring substituents is 1. The Morgan fingerprint density at radius 2 is 2.26 bits per heavy atom. The van der Waals surface area contributed by atoms with E-state index < -0.39 is 0 Å². The summed E-state index contributed by atoms with van der Waals surface area (Å²) in [6, 6.07) is 5.71. The first-order valence-electron chi connectivity index (χ1n) is 6.38. The molecule has 1 aliphatic rings. The summed E-state index contributed by atoms with van der Waals surface area (Å²) >= 11 is 3.44. The number of hydrogen-bond acceptors (Lipinski definition) is 4. The number of nitrogens with one attached hydrogen (secondary N) is 1. The van der Waals surface area contributed by atoms with Gasteiger partial charge in [0.1, 0.15) is 0 Å². The smallest absolute Gasteiger partial charge is 0.271 e. The van der Waals surface area contributed by atoms with Gasteiger partial charge in [0.2, 0.25) is 0 Å². The first kappa shape index (κ1) is 14.3. The SMILES string of the molecule is CC1CC(Nc2cc([N+](=O)[O-])ccc2Br)CCN1C. The summed E-state index contributed by atoms with van der Waals surface area (Å²) in [5.41, 5.74) is 0.919. The molecule has 2 unspecified atom stereocenters. The summed E-state index contributed by atoms with van der Waals surface area (Å²) in [5.74, 6) is 0. The van der Waals surface area contributed by atoms with E-state index in [-0.39, 0.29) is 10.6 Å². The van der Waals surface area contributed by atoms with Crippen LogP contribution in [0.15, 0.2) is 22.7 Å². The number of halogens is 1. The standard InChI is InChI=1S/C13H18BrN3O2/c1-9-7-10(5-6-16(9)2)15-13-8-11(17(18)19)3-4-12(13)14/h3-4,8-10,15H,5-7H2,1-2H3. The molecule has 1 fully saturated rings. The van der Waals surface area contributed by atoms with Crippen molar-refractivity contribution >= 4 is 27.3 Å². The Balaban J connectivity index is 2.10. The Bertz CT molecular complexity index is 481. The minimum Gasteiger partial charge on any atom is -0.381 e. The van der Waals surface area contributed by atoms with E-state index in [0.717, 1.165) is 29.5 Å². The monoisotopic (exact) mass is 327 g/mol. The van der Waals surface area contributed by atoms with Gasteiger partial charge in [0.25, 0.3) is 5.69 Å². The molecule has 5 nitrogen and oxygen atoms in total. The molecule has 0 bridgehead atoms. The highest BCUT2D eigenvalue weighted by atomic mass is 79.9. The predicted octanol–water partition coefficient (Wildman–Crippen LogP) is 3.25. The van der Waals surface area contributed by atoms with E-state index >= 15 is 0 Å². The maximum absolute atomic E-state index is 10.8. The van der Waals surface area contributed by atoms with E-state index in [2.05, 4.69) is 40.1 Å². The second-order valence-electron chi connectivity index (χ2n) is 5.12. The van der Waals surface area contributed by atoms with Gasteiger partial charge in [0, 0.05) is 35.2 Å². The summed E-state index contributed by atoms with van der Waals surface area (Å²) in [7, 11) is 2.13. The van der Waals surface area contributed by atoms with E-state index in [4.69, 9.17) is 0 Å². The van der Waals surface area contributed by atoms with Crippen LogP contribution in [0.2, 0.25) is 0 Å². The third-order valence-corrected chi connectivity index (χ3v) is 4.42. The molecular formula is C13H18BrN3O2. The third kappa shape index (κ3) is 3.45. The van der Waals surface area contributed by atoms with Crippen molar-refractivity contribution in [1.29, 1.82) is 0 Å². The number of likely N-dealkylation sites (tertiary alicyclic amines) is 1. The average Bonchev–Trinajstić information content (AvgIpc) is 2.36. The minimum atomic E-state index is -0.366. The molecule has 19 heavy (non-hydrogen) atoms. The summed E-state index contributed by atoms with van der Waals surface area (Å²) in [5, 5.41) is 14.2. The van der Waals surface area contributed by atoms with Crippen molar-refractivity contribution < 1.29 is 4.92 Å². The summed E-state index contributed by atoms with van der Waals surface area (Å²) in [4.78, 5) is 12.8. The molecule has 104 valence electrons. The lowest BCUT2D eigenvalue weighted by molar-refractivity contribution is -0.384. The third-order valence-electron chi connectivity index (χ3n) is 3.73. The van der Waals surface area contributed by atoms with Crippen molar-refractivity contribution in [3.8, 4) is 0 Å². The molecule has 1 N–H and O–H groups in total. The highest BCUT2D eigenvalue weighted by molar-refractivity contribution is 9.10. The minimum absolute atomic E-state index is 0.117. The normalized spacial score (nSPS) is 24.2. The van der Waals surface area contributed by atoms with Gasteiger partial charge in [0.15, 0.2) is 0 Å². The molecule has 1 aliphatic heterocycles. The van der Waals surface area contributed by atoms with E-state index in [1.165, 1.54) is 6.07 Å². The molecule has 1 heterocycles. The highest BCUT2D eigenvalue weighted by Gasteiger charge is 2.23. The molecule has 6 heteroatoms. The number of hydrogen-bond donors (Lipinski definition) is 1. The van der Waals surface area contributed by atoms with Crippen LogP contribution in [0.25, 0.3) is 0 Å². The van der Waals surface area contributed by atoms with Crippen molar-refractivity contribution in [2.24, 2.45) is 0 Å². The average molecular weight is 328 g/mol. The van der Waals surface area contributed by atoms with Gasteiger partial charge in [-0.2, -0.15) is 0 Å².